The molecule has 0 amide bonds. The Morgan fingerprint density at radius 1 is 0.950 bits per heavy atom. The zero-order valence-electron chi connectivity index (χ0n) is 14.5. The van der Waals surface area contributed by atoms with Gasteiger partial charge in [0.05, 0.1) is 0 Å². The molecule has 0 saturated carbocycles. The first-order chi connectivity index (χ1) is 9.23. The van der Waals surface area contributed by atoms with Gasteiger partial charge in [0, 0.05) is 18.6 Å². The normalized spacial score (nSPS) is 14.9. The summed E-state index contributed by atoms with van der Waals surface area (Å²) in [7, 11) is 4.33. The van der Waals surface area contributed by atoms with Gasteiger partial charge in [-0.2, -0.15) is 0 Å². The molecule has 0 radical (unpaired) electrons. The zero-order valence-corrected chi connectivity index (χ0v) is 14.5. The zero-order chi connectivity index (χ0) is 15.4. The van der Waals surface area contributed by atoms with Crippen molar-refractivity contribution in [2.45, 2.75) is 53.6 Å². The van der Waals surface area contributed by atoms with Crippen LogP contribution in [0.1, 0.15) is 49.1 Å². The number of nitrogens with zero attached hydrogens (tertiary/aromatic N) is 1. The van der Waals surface area contributed by atoms with Crippen LogP contribution in [-0.2, 0) is 0 Å². The van der Waals surface area contributed by atoms with E-state index in [1.165, 1.54) is 22.3 Å². The largest absolute Gasteiger partial charge is 0.309 e. The average Bonchev–Trinajstić information content (AvgIpc) is 2.32. The van der Waals surface area contributed by atoms with Gasteiger partial charge in [-0.3, -0.25) is 0 Å². The highest BCUT2D eigenvalue weighted by Crippen LogP contribution is 2.22. The van der Waals surface area contributed by atoms with E-state index in [0.717, 1.165) is 6.54 Å². The predicted molar refractivity (Wildman–Crippen MR) is 89.4 cm³/mol. The summed E-state index contributed by atoms with van der Waals surface area (Å²) in [5.74, 6) is 0.658. The minimum atomic E-state index is 0.399. The molecule has 1 rings (SSSR count). The van der Waals surface area contributed by atoms with Crippen molar-refractivity contribution in [3.8, 4) is 0 Å². The first-order valence-corrected chi connectivity index (χ1v) is 7.71. The Morgan fingerprint density at radius 3 is 2.00 bits per heavy atom. The predicted octanol–water partition coefficient (Wildman–Crippen LogP) is 3.85. The molecule has 0 heterocycles. The number of rotatable bonds is 6. The summed E-state index contributed by atoms with van der Waals surface area (Å²) in [5, 5.41) is 3.71. The summed E-state index contributed by atoms with van der Waals surface area (Å²) in [6.45, 7) is 14.5. The average molecular weight is 276 g/mol. The highest BCUT2D eigenvalue weighted by atomic mass is 15.1. The van der Waals surface area contributed by atoms with Crippen molar-refractivity contribution in [3.05, 3.63) is 34.4 Å². The van der Waals surface area contributed by atoms with Gasteiger partial charge in [0.2, 0.25) is 0 Å². The molecule has 0 aromatic heterocycles. The Balaban J connectivity index is 2.76. The van der Waals surface area contributed by atoms with Gasteiger partial charge in [0.1, 0.15) is 0 Å². The van der Waals surface area contributed by atoms with Crippen molar-refractivity contribution < 1.29 is 0 Å². The summed E-state index contributed by atoms with van der Waals surface area (Å²) >= 11 is 0. The molecule has 0 aliphatic rings. The minimum Gasteiger partial charge on any atom is -0.309 e. The molecule has 20 heavy (non-hydrogen) atoms. The van der Waals surface area contributed by atoms with Gasteiger partial charge in [-0.05, 0) is 70.0 Å². The SMILES string of the molecule is Cc1cc(C)c(C(C)NCC(C(C)C)N(C)C)cc1C. The van der Waals surface area contributed by atoms with Crippen molar-refractivity contribution in [3.63, 3.8) is 0 Å². The van der Waals surface area contributed by atoms with E-state index in [0.29, 0.717) is 18.0 Å². The van der Waals surface area contributed by atoms with Crippen LogP contribution >= 0.6 is 0 Å². The molecule has 1 N–H and O–H groups in total. The molecule has 2 nitrogen and oxygen atoms in total. The van der Waals surface area contributed by atoms with E-state index in [1.54, 1.807) is 0 Å². The fourth-order valence-electron chi connectivity index (χ4n) is 2.87. The molecule has 1 aromatic rings. The van der Waals surface area contributed by atoms with E-state index in [9.17, 15) is 0 Å². The second-order valence-corrected chi connectivity index (χ2v) is 6.70. The molecule has 0 bridgehead atoms. The molecule has 0 saturated heterocycles. The maximum atomic E-state index is 3.71. The van der Waals surface area contributed by atoms with Crippen molar-refractivity contribution in [1.29, 1.82) is 0 Å². The van der Waals surface area contributed by atoms with Crippen LogP contribution in [0.15, 0.2) is 12.1 Å². The molecule has 2 heteroatoms. The van der Waals surface area contributed by atoms with Crippen LogP contribution in [0.5, 0.6) is 0 Å². The third-order valence-electron chi connectivity index (χ3n) is 4.41. The summed E-state index contributed by atoms with van der Waals surface area (Å²) in [4.78, 5) is 2.32. The van der Waals surface area contributed by atoms with E-state index in [-0.39, 0.29) is 0 Å². The lowest BCUT2D eigenvalue weighted by molar-refractivity contribution is 0.220. The van der Waals surface area contributed by atoms with Crippen molar-refractivity contribution in [2.24, 2.45) is 5.92 Å². The topological polar surface area (TPSA) is 15.3 Å². The van der Waals surface area contributed by atoms with Gasteiger partial charge in [-0.15, -0.1) is 0 Å². The van der Waals surface area contributed by atoms with E-state index in [2.05, 4.69) is 78.0 Å². The van der Waals surface area contributed by atoms with Gasteiger partial charge in [-0.1, -0.05) is 26.0 Å². The molecule has 2 unspecified atom stereocenters. The maximum Gasteiger partial charge on any atom is 0.0295 e. The molecule has 0 spiro atoms. The monoisotopic (exact) mass is 276 g/mol. The Morgan fingerprint density at radius 2 is 1.50 bits per heavy atom. The van der Waals surface area contributed by atoms with Gasteiger partial charge < -0.3 is 10.2 Å². The lowest BCUT2D eigenvalue weighted by Gasteiger charge is -2.30. The fraction of sp³-hybridized carbons (Fsp3) is 0.667. The van der Waals surface area contributed by atoms with Crippen molar-refractivity contribution in [1.82, 2.24) is 10.2 Å². The number of likely N-dealkylation sites (N-methyl/N-ethyl adjacent to an activating group) is 1. The Kier molecular flexibility index (Phi) is 6.22. The third-order valence-corrected chi connectivity index (χ3v) is 4.41. The van der Waals surface area contributed by atoms with E-state index < -0.39 is 0 Å². The Labute approximate surface area is 125 Å². The summed E-state index contributed by atoms with van der Waals surface area (Å²) in [5.41, 5.74) is 5.58. The molecule has 2 atom stereocenters. The lowest BCUT2D eigenvalue weighted by atomic mass is 9.96. The number of nitrogens with one attached hydrogen (secondary N) is 1. The van der Waals surface area contributed by atoms with E-state index in [4.69, 9.17) is 0 Å². The fourth-order valence-corrected chi connectivity index (χ4v) is 2.87. The van der Waals surface area contributed by atoms with Crippen molar-refractivity contribution >= 4 is 0 Å². The first kappa shape index (κ1) is 17.2. The maximum absolute atomic E-state index is 3.71. The van der Waals surface area contributed by atoms with Crippen LogP contribution in [0.2, 0.25) is 0 Å². The van der Waals surface area contributed by atoms with Crippen LogP contribution in [0.4, 0.5) is 0 Å². The summed E-state index contributed by atoms with van der Waals surface area (Å²) in [6, 6.07) is 5.61. The lowest BCUT2D eigenvalue weighted by Crippen LogP contribution is -2.42. The molecule has 0 fully saturated rings. The van der Waals surface area contributed by atoms with Crippen LogP contribution in [0.3, 0.4) is 0 Å². The standard InChI is InChI=1S/C18H32N2/c1-12(2)18(20(7)8)11-19-16(6)17-10-14(4)13(3)9-15(17)5/h9-10,12,16,18-19H,11H2,1-8H3. The van der Waals surface area contributed by atoms with Gasteiger partial charge in [0.25, 0.3) is 0 Å². The Bertz CT molecular complexity index is 427. The summed E-state index contributed by atoms with van der Waals surface area (Å²) < 4.78 is 0. The number of benzene rings is 1. The molecule has 0 aliphatic heterocycles. The first-order valence-electron chi connectivity index (χ1n) is 7.71. The molecule has 114 valence electrons. The Hall–Kier alpha value is -0.860. The third kappa shape index (κ3) is 4.32. The highest BCUT2D eigenvalue weighted by Gasteiger charge is 2.17. The second-order valence-electron chi connectivity index (χ2n) is 6.70. The van der Waals surface area contributed by atoms with Crippen LogP contribution in [0.25, 0.3) is 0 Å². The van der Waals surface area contributed by atoms with E-state index in [1.807, 2.05) is 0 Å². The summed E-state index contributed by atoms with van der Waals surface area (Å²) in [6.07, 6.45) is 0. The minimum absolute atomic E-state index is 0.399. The van der Waals surface area contributed by atoms with Crippen LogP contribution in [0, 0.1) is 26.7 Å². The molecule has 0 aliphatic carbocycles. The van der Waals surface area contributed by atoms with E-state index >= 15 is 0 Å². The molecular weight excluding hydrogens is 244 g/mol. The van der Waals surface area contributed by atoms with Crippen LogP contribution in [-0.4, -0.2) is 31.6 Å². The van der Waals surface area contributed by atoms with Gasteiger partial charge in [-0.25, -0.2) is 0 Å². The molecular formula is C18H32N2. The highest BCUT2D eigenvalue weighted by molar-refractivity contribution is 5.38. The number of aryl methyl sites for hydroxylation is 3. The molecule has 1 aromatic carbocycles. The van der Waals surface area contributed by atoms with Crippen LogP contribution < -0.4 is 5.32 Å². The van der Waals surface area contributed by atoms with Gasteiger partial charge >= 0.3 is 0 Å². The van der Waals surface area contributed by atoms with Crippen molar-refractivity contribution in [2.75, 3.05) is 20.6 Å². The second kappa shape index (κ2) is 7.24. The number of hydrogen-bond donors (Lipinski definition) is 1. The van der Waals surface area contributed by atoms with Gasteiger partial charge in [0.15, 0.2) is 0 Å². The smallest absolute Gasteiger partial charge is 0.0295 e. The quantitative estimate of drug-likeness (QED) is 0.849. The number of hydrogen-bond acceptors (Lipinski definition) is 2.